The predicted molar refractivity (Wildman–Crippen MR) is 64.8 cm³/mol. The number of likely N-dealkylation sites (N-methyl/N-ethyl adjacent to an activating group) is 1. The minimum absolute atomic E-state index is 0.461. The van der Waals surface area contributed by atoms with Crippen molar-refractivity contribution in [2.75, 3.05) is 13.7 Å². The van der Waals surface area contributed by atoms with Gasteiger partial charge in [0.1, 0.15) is 6.33 Å². The SMILES string of the molecule is CCOc1ncnc(CC(CC)NC)c1C. The first-order valence-electron chi connectivity index (χ1n) is 5.83. The molecule has 0 spiro atoms. The van der Waals surface area contributed by atoms with Crippen LogP contribution in [0.15, 0.2) is 6.33 Å². The van der Waals surface area contributed by atoms with Crippen LogP contribution < -0.4 is 10.1 Å². The van der Waals surface area contributed by atoms with E-state index in [1.165, 1.54) is 0 Å². The minimum atomic E-state index is 0.461. The second kappa shape index (κ2) is 6.43. The zero-order valence-electron chi connectivity index (χ0n) is 10.6. The van der Waals surface area contributed by atoms with E-state index in [4.69, 9.17) is 4.74 Å². The Morgan fingerprint density at radius 2 is 2.12 bits per heavy atom. The average molecular weight is 223 g/mol. The van der Waals surface area contributed by atoms with Crippen molar-refractivity contribution >= 4 is 0 Å². The summed E-state index contributed by atoms with van der Waals surface area (Å²) in [5, 5.41) is 3.28. The number of hydrogen-bond acceptors (Lipinski definition) is 4. The van der Waals surface area contributed by atoms with Crippen molar-refractivity contribution in [1.82, 2.24) is 15.3 Å². The third-order valence-corrected chi connectivity index (χ3v) is 2.76. The molecule has 1 aromatic rings. The minimum Gasteiger partial charge on any atom is -0.478 e. The van der Waals surface area contributed by atoms with Gasteiger partial charge in [-0.1, -0.05) is 6.92 Å². The summed E-state index contributed by atoms with van der Waals surface area (Å²) in [7, 11) is 1.98. The van der Waals surface area contributed by atoms with E-state index < -0.39 is 0 Å². The molecule has 1 rings (SSSR count). The molecule has 0 bridgehead atoms. The number of hydrogen-bond donors (Lipinski definition) is 1. The molecule has 4 nitrogen and oxygen atoms in total. The van der Waals surface area contributed by atoms with Crippen LogP contribution >= 0.6 is 0 Å². The van der Waals surface area contributed by atoms with Gasteiger partial charge in [-0.2, -0.15) is 0 Å². The van der Waals surface area contributed by atoms with Gasteiger partial charge in [0.2, 0.25) is 5.88 Å². The molecule has 90 valence electrons. The third-order valence-electron chi connectivity index (χ3n) is 2.76. The van der Waals surface area contributed by atoms with E-state index in [0.717, 1.165) is 24.1 Å². The Balaban J connectivity index is 2.83. The lowest BCUT2D eigenvalue weighted by molar-refractivity contribution is 0.322. The molecule has 1 atom stereocenters. The van der Waals surface area contributed by atoms with Crippen molar-refractivity contribution in [2.24, 2.45) is 0 Å². The zero-order chi connectivity index (χ0) is 12.0. The first kappa shape index (κ1) is 12.9. The van der Waals surface area contributed by atoms with E-state index in [1.807, 2.05) is 20.9 Å². The molecular formula is C12H21N3O. The molecule has 0 amide bonds. The van der Waals surface area contributed by atoms with Gasteiger partial charge in [0.25, 0.3) is 0 Å². The van der Waals surface area contributed by atoms with Crippen LogP contribution in [0.5, 0.6) is 5.88 Å². The summed E-state index contributed by atoms with van der Waals surface area (Å²) in [6.45, 7) is 6.79. The maximum atomic E-state index is 5.45. The molecule has 1 N–H and O–H groups in total. The van der Waals surface area contributed by atoms with E-state index >= 15 is 0 Å². The van der Waals surface area contributed by atoms with Crippen LogP contribution in [0, 0.1) is 6.92 Å². The molecule has 1 aromatic heterocycles. The van der Waals surface area contributed by atoms with E-state index in [9.17, 15) is 0 Å². The summed E-state index contributed by atoms with van der Waals surface area (Å²) in [4.78, 5) is 8.46. The highest BCUT2D eigenvalue weighted by Gasteiger charge is 2.11. The smallest absolute Gasteiger partial charge is 0.219 e. The zero-order valence-corrected chi connectivity index (χ0v) is 10.6. The molecule has 0 aliphatic heterocycles. The van der Waals surface area contributed by atoms with Gasteiger partial charge in [-0.05, 0) is 27.3 Å². The Morgan fingerprint density at radius 3 is 2.69 bits per heavy atom. The molecule has 0 radical (unpaired) electrons. The Hall–Kier alpha value is -1.16. The molecule has 0 aliphatic carbocycles. The van der Waals surface area contributed by atoms with Crippen molar-refractivity contribution in [1.29, 1.82) is 0 Å². The molecule has 0 saturated heterocycles. The van der Waals surface area contributed by atoms with Gasteiger partial charge < -0.3 is 10.1 Å². The largest absolute Gasteiger partial charge is 0.478 e. The highest BCUT2D eigenvalue weighted by Crippen LogP contribution is 2.17. The first-order valence-corrected chi connectivity index (χ1v) is 5.83. The monoisotopic (exact) mass is 223 g/mol. The summed E-state index contributed by atoms with van der Waals surface area (Å²) in [6, 6.07) is 0.461. The molecule has 0 aromatic carbocycles. The van der Waals surface area contributed by atoms with Crippen molar-refractivity contribution in [3.05, 3.63) is 17.6 Å². The third kappa shape index (κ3) is 3.17. The molecular weight excluding hydrogens is 202 g/mol. The summed E-state index contributed by atoms with van der Waals surface area (Å²) in [5.41, 5.74) is 2.12. The molecule has 1 unspecified atom stereocenters. The van der Waals surface area contributed by atoms with E-state index in [1.54, 1.807) is 6.33 Å². The van der Waals surface area contributed by atoms with Gasteiger partial charge >= 0.3 is 0 Å². The summed E-state index contributed by atoms with van der Waals surface area (Å²) >= 11 is 0. The number of ether oxygens (including phenoxy) is 1. The Kier molecular flexibility index (Phi) is 5.19. The fourth-order valence-electron chi connectivity index (χ4n) is 1.64. The number of nitrogens with one attached hydrogen (secondary N) is 1. The van der Waals surface area contributed by atoms with Crippen LogP contribution in [-0.2, 0) is 6.42 Å². The van der Waals surface area contributed by atoms with E-state index in [0.29, 0.717) is 18.5 Å². The van der Waals surface area contributed by atoms with Gasteiger partial charge in [-0.3, -0.25) is 0 Å². The Labute approximate surface area is 97.5 Å². The highest BCUT2D eigenvalue weighted by molar-refractivity contribution is 5.28. The van der Waals surface area contributed by atoms with Crippen molar-refractivity contribution in [3.8, 4) is 5.88 Å². The summed E-state index contributed by atoms with van der Waals surface area (Å²) < 4.78 is 5.45. The van der Waals surface area contributed by atoms with E-state index in [-0.39, 0.29) is 0 Å². The van der Waals surface area contributed by atoms with Gasteiger partial charge in [-0.15, -0.1) is 0 Å². The number of rotatable bonds is 6. The molecule has 16 heavy (non-hydrogen) atoms. The van der Waals surface area contributed by atoms with E-state index in [2.05, 4.69) is 22.2 Å². The maximum absolute atomic E-state index is 5.45. The Morgan fingerprint density at radius 1 is 1.38 bits per heavy atom. The second-order valence-electron chi connectivity index (χ2n) is 3.78. The normalized spacial score (nSPS) is 12.5. The van der Waals surface area contributed by atoms with Gasteiger partial charge in [0.15, 0.2) is 0 Å². The lowest BCUT2D eigenvalue weighted by atomic mass is 10.1. The molecule has 0 saturated carbocycles. The number of aromatic nitrogens is 2. The van der Waals surface area contributed by atoms with Gasteiger partial charge in [0.05, 0.1) is 12.3 Å². The van der Waals surface area contributed by atoms with Crippen molar-refractivity contribution in [3.63, 3.8) is 0 Å². The van der Waals surface area contributed by atoms with Gasteiger partial charge in [-0.25, -0.2) is 9.97 Å². The highest BCUT2D eigenvalue weighted by atomic mass is 16.5. The molecule has 1 heterocycles. The fourth-order valence-corrected chi connectivity index (χ4v) is 1.64. The Bertz CT molecular complexity index is 324. The average Bonchev–Trinajstić information content (AvgIpc) is 2.30. The topological polar surface area (TPSA) is 47.0 Å². The molecule has 0 aliphatic rings. The predicted octanol–water partition coefficient (Wildman–Crippen LogP) is 1.72. The van der Waals surface area contributed by atoms with Gasteiger partial charge in [0, 0.05) is 18.0 Å². The second-order valence-corrected chi connectivity index (χ2v) is 3.78. The lowest BCUT2D eigenvalue weighted by Crippen LogP contribution is -2.27. The van der Waals surface area contributed by atoms with Crippen molar-refractivity contribution in [2.45, 2.75) is 39.7 Å². The number of nitrogens with zero attached hydrogens (tertiary/aromatic N) is 2. The van der Waals surface area contributed by atoms with Crippen LogP contribution in [0.25, 0.3) is 0 Å². The lowest BCUT2D eigenvalue weighted by Gasteiger charge is -2.15. The maximum Gasteiger partial charge on any atom is 0.219 e. The quantitative estimate of drug-likeness (QED) is 0.797. The van der Waals surface area contributed by atoms with Crippen LogP contribution in [0.2, 0.25) is 0 Å². The summed E-state index contributed by atoms with van der Waals surface area (Å²) in [5.74, 6) is 0.707. The molecule has 4 heteroatoms. The van der Waals surface area contributed by atoms with Crippen LogP contribution in [0.4, 0.5) is 0 Å². The summed E-state index contributed by atoms with van der Waals surface area (Å²) in [6.07, 6.45) is 3.58. The fraction of sp³-hybridized carbons (Fsp3) is 0.667. The van der Waals surface area contributed by atoms with Crippen LogP contribution in [-0.4, -0.2) is 29.7 Å². The molecule has 0 fully saturated rings. The standard InChI is InChI=1S/C12H21N3O/c1-5-10(13-4)7-11-9(3)12(16-6-2)15-8-14-11/h8,10,13H,5-7H2,1-4H3. The first-order chi connectivity index (χ1) is 7.72. The van der Waals surface area contributed by atoms with Crippen LogP contribution in [0.3, 0.4) is 0 Å². The van der Waals surface area contributed by atoms with Crippen LogP contribution in [0.1, 0.15) is 31.5 Å². The van der Waals surface area contributed by atoms with Crippen molar-refractivity contribution < 1.29 is 4.74 Å².